The van der Waals surface area contributed by atoms with E-state index in [2.05, 4.69) is 0 Å². The van der Waals surface area contributed by atoms with Crippen molar-refractivity contribution in [3.8, 4) is 0 Å². The first-order valence-electron chi connectivity index (χ1n) is 5.88. The van der Waals surface area contributed by atoms with Crippen LogP contribution in [-0.2, 0) is 9.53 Å². The molecular weight excluding hydrogens is 222 g/mol. The van der Waals surface area contributed by atoms with Crippen molar-refractivity contribution in [1.29, 1.82) is 0 Å². The Kier molecular flexibility index (Phi) is 5.00. The molecule has 1 aliphatic rings. The standard InChI is InChI=1S/C12H19NO4/c1-3-17-11(14)9(2)8-10-4-6-13(7-5-10)12(15)16/h8,10H,3-7H2,1-2H3,(H,15,16)/b9-8+. The molecule has 1 N–H and O–H groups in total. The minimum atomic E-state index is -0.866. The maximum atomic E-state index is 11.4. The maximum absolute atomic E-state index is 11.4. The molecular formula is C12H19NO4. The lowest BCUT2D eigenvalue weighted by molar-refractivity contribution is -0.138. The van der Waals surface area contributed by atoms with Gasteiger partial charge in [-0.3, -0.25) is 0 Å². The summed E-state index contributed by atoms with van der Waals surface area (Å²) in [6, 6.07) is 0. The SMILES string of the molecule is CCOC(=O)/C(C)=C/C1CCN(C(=O)O)CC1. The van der Waals surface area contributed by atoms with E-state index in [4.69, 9.17) is 9.84 Å². The van der Waals surface area contributed by atoms with E-state index in [0.717, 1.165) is 12.8 Å². The number of nitrogens with zero attached hydrogens (tertiary/aromatic N) is 1. The summed E-state index contributed by atoms with van der Waals surface area (Å²) >= 11 is 0. The Bertz CT molecular complexity index is 316. The normalized spacial score (nSPS) is 18.0. The van der Waals surface area contributed by atoms with Gasteiger partial charge in [0.2, 0.25) is 0 Å². The first-order valence-corrected chi connectivity index (χ1v) is 5.88. The van der Waals surface area contributed by atoms with Crippen molar-refractivity contribution in [2.24, 2.45) is 5.92 Å². The second-order valence-corrected chi connectivity index (χ2v) is 4.18. The fourth-order valence-electron chi connectivity index (χ4n) is 1.92. The minimum Gasteiger partial charge on any atom is -0.465 e. The van der Waals surface area contributed by atoms with E-state index in [-0.39, 0.29) is 11.9 Å². The number of allylic oxidation sites excluding steroid dienone is 1. The quantitative estimate of drug-likeness (QED) is 0.605. The van der Waals surface area contributed by atoms with Crippen LogP contribution in [0.5, 0.6) is 0 Å². The van der Waals surface area contributed by atoms with Gasteiger partial charge in [-0.05, 0) is 32.6 Å². The van der Waals surface area contributed by atoms with Gasteiger partial charge in [-0.1, -0.05) is 6.08 Å². The first kappa shape index (κ1) is 13.5. The monoisotopic (exact) mass is 241 g/mol. The third kappa shape index (κ3) is 4.09. The first-order chi connectivity index (χ1) is 8.04. The molecule has 1 amide bonds. The molecule has 0 aromatic carbocycles. The summed E-state index contributed by atoms with van der Waals surface area (Å²) in [5.74, 6) is -0.0110. The van der Waals surface area contributed by atoms with Crippen LogP contribution < -0.4 is 0 Å². The summed E-state index contributed by atoms with van der Waals surface area (Å²) < 4.78 is 4.89. The van der Waals surface area contributed by atoms with Gasteiger partial charge in [0.15, 0.2) is 0 Å². The average molecular weight is 241 g/mol. The number of hydrogen-bond donors (Lipinski definition) is 1. The number of hydrogen-bond acceptors (Lipinski definition) is 3. The van der Waals surface area contributed by atoms with Gasteiger partial charge in [0.25, 0.3) is 0 Å². The van der Waals surface area contributed by atoms with E-state index in [0.29, 0.717) is 25.3 Å². The summed E-state index contributed by atoms with van der Waals surface area (Å²) in [6.07, 6.45) is 2.57. The van der Waals surface area contributed by atoms with Crippen LogP contribution in [-0.4, -0.2) is 41.8 Å². The Labute approximate surface area is 101 Å². The van der Waals surface area contributed by atoms with Crippen molar-refractivity contribution in [3.63, 3.8) is 0 Å². The van der Waals surface area contributed by atoms with E-state index in [1.807, 2.05) is 6.08 Å². The van der Waals surface area contributed by atoms with Crippen LogP contribution in [0.3, 0.4) is 0 Å². The van der Waals surface area contributed by atoms with Crippen molar-refractivity contribution in [3.05, 3.63) is 11.6 Å². The largest absolute Gasteiger partial charge is 0.465 e. The Morgan fingerprint density at radius 2 is 2.00 bits per heavy atom. The van der Waals surface area contributed by atoms with Gasteiger partial charge in [0.1, 0.15) is 0 Å². The van der Waals surface area contributed by atoms with Gasteiger partial charge >= 0.3 is 12.1 Å². The summed E-state index contributed by atoms with van der Waals surface area (Å²) in [5.41, 5.74) is 0.612. The van der Waals surface area contributed by atoms with E-state index < -0.39 is 6.09 Å². The van der Waals surface area contributed by atoms with Crippen molar-refractivity contribution >= 4 is 12.1 Å². The third-order valence-electron chi connectivity index (χ3n) is 2.89. The number of carboxylic acid groups (broad SMARTS) is 1. The van der Waals surface area contributed by atoms with Crippen molar-refractivity contribution in [1.82, 2.24) is 4.90 Å². The highest BCUT2D eigenvalue weighted by Crippen LogP contribution is 2.20. The number of piperidine rings is 1. The molecule has 0 spiro atoms. The molecule has 1 saturated heterocycles. The van der Waals surface area contributed by atoms with E-state index in [1.54, 1.807) is 13.8 Å². The summed E-state index contributed by atoms with van der Waals surface area (Å²) in [4.78, 5) is 23.5. The molecule has 1 rings (SSSR count). The fraction of sp³-hybridized carbons (Fsp3) is 0.667. The second-order valence-electron chi connectivity index (χ2n) is 4.18. The molecule has 0 radical (unpaired) electrons. The van der Waals surface area contributed by atoms with E-state index in [1.165, 1.54) is 4.90 Å². The lowest BCUT2D eigenvalue weighted by Crippen LogP contribution is -2.37. The Morgan fingerprint density at radius 3 is 2.47 bits per heavy atom. The Hall–Kier alpha value is -1.52. The van der Waals surface area contributed by atoms with Crippen LogP contribution in [0, 0.1) is 5.92 Å². The molecule has 96 valence electrons. The Morgan fingerprint density at radius 1 is 1.41 bits per heavy atom. The second kappa shape index (κ2) is 6.27. The van der Waals surface area contributed by atoms with Crippen LogP contribution in [0.25, 0.3) is 0 Å². The zero-order valence-electron chi connectivity index (χ0n) is 10.3. The maximum Gasteiger partial charge on any atom is 0.407 e. The van der Waals surface area contributed by atoms with Gasteiger partial charge < -0.3 is 14.7 Å². The molecule has 1 aliphatic heterocycles. The van der Waals surface area contributed by atoms with Crippen LogP contribution in [0.1, 0.15) is 26.7 Å². The molecule has 1 heterocycles. The highest BCUT2D eigenvalue weighted by molar-refractivity contribution is 5.87. The molecule has 0 unspecified atom stereocenters. The molecule has 5 heteroatoms. The summed E-state index contributed by atoms with van der Waals surface area (Å²) in [6.45, 7) is 4.96. The third-order valence-corrected chi connectivity index (χ3v) is 2.89. The lowest BCUT2D eigenvalue weighted by Gasteiger charge is -2.28. The van der Waals surface area contributed by atoms with Gasteiger partial charge in [-0.2, -0.15) is 0 Å². The van der Waals surface area contributed by atoms with E-state index in [9.17, 15) is 9.59 Å². The predicted molar refractivity (Wildman–Crippen MR) is 62.7 cm³/mol. The number of rotatable bonds is 3. The van der Waals surface area contributed by atoms with Crippen LogP contribution in [0.4, 0.5) is 4.79 Å². The molecule has 0 bridgehead atoms. The molecule has 0 aromatic heterocycles. The van der Waals surface area contributed by atoms with Crippen LogP contribution >= 0.6 is 0 Å². The van der Waals surface area contributed by atoms with Crippen molar-refractivity contribution in [2.75, 3.05) is 19.7 Å². The Balaban J connectivity index is 2.46. The van der Waals surface area contributed by atoms with E-state index >= 15 is 0 Å². The lowest BCUT2D eigenvalue weighted by atomic mass is 9.95. The molecule has 5 nitrogen and oxygen atoms in total. The molecule has 0 aromatic rings. The number of esters is 1. The summed E-state index contributed by atoms with van der Waals surface area (Å²) in [5, 5.41) is 8.80. The molecule has 1 fully saturated rings. The molecule has 0 atom stereocenters. The molecule has 0 aliphatic carbocycles. The smallest absolute Gasteiger partial charge is 0.407 e. The van der Waals surface area contributed by atoms with Gasteiger partial charge in [-0.15, -0.1) is 0 Å². The van der Waals surface area contributed by atoms with Crippen molar-refractivity contribution < 1.29 is 19.4 Å². The number of carbonyl (C=O) groups excluding carboxylic acids is 1. The fourth-order valence-corrected chi connectivity index (χ4v) is 1.92. The number of carbonyl (C=O) groups is 2. The predicted octanol–water partition coefficient (Wildman–Crippen LogP) is 1.89. The zero-order chi connectivity index (χ0) is 12.8. The number of ether oxygens (including phenoxy) is 1. The van der Waals surface area contributed by atoms with Crippen LogP contribution in [0.15, 0.2) is 11.6 Å². The molecule has 0 saturated carbocycles. The summed E-state index contributed by atoms with van der Waals surface area (Å²) in [7, 11) is 0. The van der Waals surface area contributed by atoms with Gasteiger partial charge in [0, 0.05) is 18.7 Å². The van der Waals surface area contributed by atoms with Crippen molar-refractivity contribution in [2.45, 2.75) is 26.7 Å². The highest BCUT2D eigenvalue weighted by Gasteiger charge is 2.21. The van der Waals surface area contributed by atoms with Crippen LogP contribution in [0.2, 0.25) is 0 Å². The molecule has 17 heavy (non-hydrogen) atoms. The average Bonchev–Trinajstić information content (AvgIpc) is 2.30. The topological polar surface area (TPSA) is 66.8 Å². The van der Waals surface area contributed by atoms with Gasteiger partial charge in [0.05, 0.1) is 6.61 Å². The highest BCUT2D eigenvalue weighted by atomic mass is 16.5. The zero-order valence-corrected chi connectivity index (χ0v) is 10.3. The number of likely N-dealkylation sites (tertiary alicyclic amines) is 1. The minimum absolute atomic E-state index is 0.273. The van der Waals surface area contributed by atoms with Gasteiger partial charge in [-0.25, -0.2) is 9.59 Å². The number of amides is 1.